The summed E-state index contributed by atoms with van der Waals surface area (Å²) in [5, 5.41) is 3.11. The molecule has 3 heteroatoms. The lowest BCUT2D eigenvalue weighted by molar-refractivity contribution is 0.0940. The van der Waals surface area contributed by atoms with Crippen LogP contribution in [0.2, 0.25) is 0 Å². The van der Waals surface area contributed by atoms with E-state index in [4.69, 9.17) is 0 Å². The number of carbonyl (C=O) groups is 1. The number of likely N-dealkylation sites (tertiary alicyclic amines) is 1. The second kappa shape index (κ2) is 9.18. The van der Waals surface area contributed by atoms with Crippen LogP contribution < -0.4 is 5.32 Å². The summed E-state index contributed by atoms with van der Waals surface area (Å²) in [4.78, 5) is 15.1. The normalized spacial score (nSPS) is 18.9. The second-order valence-electron chi connectivity index (χ2n) is 7.97. The molecule has 1 aliphatic heterocycles. The van der Waals surface area contributed by atoms with E-state index in [1.54, 1.807) is 0 Å². The van der Waals surface area contributed by atoms with Gasteiger partial charge >= 0.3 is 0 Å². The number of carbonyl (C=O) groups excluding carboxylic acids is 1. The molecule has 0 aromatic heterocycles. The molecule has 0 bridgehead atoms. The first-order valence-electron chi connectivity index (χ1n) is 10.3. The first-order chi connectivity index (χ1) is 13.0. The summed E-state index contributed by atoms with van der Waals surface area (Å²) in [6, 6.07) is 16.6. The highest BCUT2D eigenvalue weighted by Gasteiger charge is 2.16. The fraction of sp³-hybridized carbons (Fsp3) is 0.458. The number of nitrogens with zero attached hydrogens (tertiary/aromatic N) is 1. The van der Waals surface area contributed by atoms with Gasteiger partial charge in [0, 0.05) is 18.7 Å². The third-order valence-electron chi connectivity index (χ3n) is 5.60. The van der Waals surface area contributed by atoms with Gasteiger partial charge in [0.05, 0.1) is 6.04 Å². The molecule has 1 saturated heterocycles. The highest BCUT2D eigenvalue weighted by atomic mass is 16.1. The van der Waals surface area contributed by atoms with Gasteiger partial charge in [-0.3, -0.25) is 9.69 Å². The molecule has 1 amide bonds. The summed E-state index contributed by atoms with van der Waals surface area (Å²) in [6.45, 7) is 9.85. The molecule has 1 fully saturated rings. The van der Waals surface area contributed by atoms with E-state index < -0.39 is 0 Å². The molecular weight excluding hydrogens is 332 g/mol. The third-order valence-corrected chi connectivity index (χ3v) is 5.60. The van der Waals surface area contributed by atoms with Crippen LogP contribution in [0, 0.1) is 5.92 Å². The minimum atomic E-state index is -0.0137. The first kappa shape index (κ1) is 19.6. The Morgan fingerprint density at radius 3 is 2.41 bits per heavy atom. The summed E-state index contributed by atoms with van der Waals surface area (Å²) in [5.74, 6) is 0.775. The van der Waals surface area contributed by atoms with Gasteiger partial charge in [0.1, 0.15) is 0 Å². The lowest BCUT2D eigenvalue weighted by atomic mass is 9.99. The maximum absolute atomic E-state index is 12.6. The van der Waals surface area contributed by atoms with Crippen LogP contribution in [0.1, 0.15) is 66.7 Å². The number of piperidine rings is 1. The molecule has 0 spiro atoms. The molecule has 3 rings (SSSR count). The molecule has 3 nitrogen and oxygen atoms in total. The van der Waals surface area contributed by atoms with Gasteiger partial charge in [-0.1, -0.05) is 50.2 Å². The van der Waals surface area contributed by atoms with Crippen LogP contribution in [0.5, 0.6) is 0 Å². The first-order valence-corrected chi connectivity index (χ1v) is 10.3. The van der Waals surface area contributed by atoms with Crippen molar-refractivity contribution in [1.82, 2.24) is 10.2 Å². The lowest BCUT2D eigenvalue weighted by Crippen LogP contribution is -2.33. The predicted octanol–water partition coefficient (Wildman–Crippen LogP) is 4.97. The van der Waals surface area contributed by atoms with E-state index in [9.17, 15) is 4.79 Å². The standard InChI is InChI=1S/C24H32N2O/c1-4-20-7-11-22(12-8-20)19(3)25-24(27)23-13-9-21(10-14-23)17-26-15-5-6-18(2)16-26/h7-14,18-19H,4-6,15-17H2,1-3H3,(H,25,27)/t18-,19+/m1/s1. The van der Waals surface area contributed by atoms with E-state index >= 15 is 0 Å². The molecule has 0 aliphatic carbocycles. The van der Waals surface area contributed by atoms with Crippen LogP contribution in [-0.4, -0.2) is 23.9 Å². The van der Waals surface area contributed by atoms with Gasteiger partial charge in [0.25, 0.3) is 5.91 Å². The molecule has 0 unspecified atom stereocenters. The van der Waals surface area contributed by atoms with Crippen molar-refractivity contribution in [1.29, 1.82) is 0 Å². The van der Waals surface area contributed by atoms with Crippen LogP contribution in [-0.2, 0) is 13.0 Å². The fourth-order valence-corrected chi connectivity index (χ4v) is 3.86. The summed E-state index contributed by atoms with van der Waals surface area (Å²) in [5.41, 5.74) is 4.46. The van der Waals surface area contributed by atoms with Gasteiger partial charge in [-0.15, -0.1) is 0 Å². The Kier molecular flexibility index (Phi) is 6.68. The van der Waals surface area contributed by atoms with Crippen molar-refractivity contribution in [2.24, 2.45) is 5.92 Å². The van der Waals surface area contributed by atoms with Crippen LogP contribution in [0.25, 0.3) is 0 Å². The predicted molar refractivity (Wildman–Crippen MR) is 112 cm³/mol. The van der Waals surface area contributed by atoms with Crippen molar-refractivity contribution >= 4 is 5.91 Å². The minimum Gasteiger partial charge on any atom is -0.346 e. The molecule has 0 radical (unpaired) electrons. The lowest BCUT2D eigenvalue weighted by Gasteiger charge is -2.30. The van der Waals surface area contributed by atoms with E-state index in [0.29, 0.717) is 0 Å². The Labute approximate surface area is 163 Å². The van der Waals surface area contributed by atoms with E-state index in [1.165, 1.54) is 37.1 Å². The smallest absolute Gasteiger partial charge is 0.251 e. The fourth-order valence-electron chi connectivity index (χ4n) is 3.86. The van der Waals surface area contributed by atoms with Gasteiger partial charge in [0.2, 0.25) is 0 Å². The van der Waals surface area contributed by atoms with Crippen molar-refractivity contribution in [2.45, 2.75) is 52.6 Å². The molecule has 0 saturated carbocycles. The Hall–Kier alpha value is -2.13. The number of hydrogen-bond donors (Lipinski definition) is 1. The maximum atomic E-state index is 12.6. The SMILES string of the molecule is CCc1ccc([C@H](C)NC(=O)c2ccc(CN3CCC[C@@H](C)C3)cc2)cc1. The van der Waals surface area contributed by atoms with E-state index in [2.05, 4.69) is 60.5 Å². The highest BCUT2D eigenvalue weighted by Crippen LogP contribution is 2.19. The van der Waals surface area contributed by atoms with Crippen LogP contribution in [0.3, 0.4) is 0 Å². The van der Waals surface area contributed by atoms with E-state index in [0.717, 1.165) is 30.0 Å². The van der Waals surface area contributed by atoms with Crippen molar-refractivity contribution in [3.63, 3.8) is 0 Å². The summed E-state index contributed by atoms with van der Waals surface area (Å²) in [7, 11) is 0. The average Bonchev–Trinajstić information content (AvgIpc) is 2.68. The average molecular weight is 365 g/mol. The Morgan fingerprint density at radius 1 is 1.11 bits per heavy atom. The number of hydrogen-bond acceptors (Lipinski definition) is 2. The zero-order valence-corrected chi connectivity index (χ0v) is 16.9. The van der Waals surface area contributed by atoms with Gasteiger partial charge in [-0.25, -0.2) is 0 Å². The largest absolute Gasteiger partial charge is 0.346 e. The Balaban J connectivity index is 1.56. The zero-order chi connectivity index (χ0) is 19.2. The molecule has 2 aromatic carbocycles. The summed E-state index contributed by atoms with van der Waals surface area (Å²) >= 11 is 0. The third kappa shape index (κ3) is 5.43. The molecule has 144 valence electrons. The minimum absolute atomic E-state index is 0.00193. The second-order valence-corrected chi connectivity index (χ2v) is 7.97. The van der Waals surface area contributed by atoms with Gasteiger partial charge in [-0.05, 0) is 67.5 Å². The molecule has 1 heterocycles. The van der Waals surface area contributed by atoms with Crippen LogP contribution in [0.4, 0.5) is 0 Å². The monoisotopic (exact) mass is 364 g/mol. The number of amides is 1. The van der Waals surface area contributed by atoms with E-state index in [-0.39, 0.29) is 11.9 Å². The molecule has 2 atom stereocenters. The van der Waals surface area contributed by atoms with Crippen molar-refractivity contribution < 1.29 is 4.79 Å². The van der Waals surface area contributed by atoms with Crippen molar-refractivity contribution in [2.75, 3.05) is 13.1 Å². The molecule has 1 aliphatic rings. The molecule has 1 N–H and O–H groups in total. The Bertz CT molecular complexity index is 736. The molecule has 2 aromatic rings. The highest BCUT2D eigenvalue weighted by molar-refractivity contribution is 5.94. The van der Waals surface area contributed by atoms with E-state index in [1.807, 2.05) is 19.1 Å². The van der Waals surface area contributed by atoms with Crippen LogP contribution >= 0.6 is 0 Å². The van der Waals surface area contributed by atoms with Gasteiger partial charge < -0.3 is 5.32 Å². The van der Waals surface area contributed by atoms with Crippen LogP contribution in [0.15, 0.2) is 48.5 Å². The molecular formula is C24H32N2O. The summed E-state index contributed by atoms with van der Waals surface area (Å²) < 4.78 is 0. The number of rotatable bonds is 6. The molecule has 27 heavy (non-hydrogen) atoms. The summed E-state index contributed by atoms with van der Waals surface area (Å²) in [6.07, 6.45) is 3.66. The Morgan fingerprint density at radius 2 is 1.78 bits per heavy atom. The zero-order valence-electron chi connectivity index (χ0n) is 16.9. The van der Waals surface area contributed by atoms with Gasteiger partial charge in [0.15, 0.2) is 0 Å². The number of nitrogens with one attached hydrogen (secondary N) is 1. The maximum Gasteiger partial charge on any atom is 0.251 e. The van der Waals surface area contributed by atoms with Crippen molar-refractivity contribution in [3.8, 4) is 0 Å². The van der Waals surface area contributed by atoms with Crippen molar-refractivity contribution in [3.05, 3.63) is 70.8 Å². The van der Waals surface area contributed by atoms with Gasteiger partial charge in [-0.2, -0.15) is 0 Å². The number of aryl methyl sites for hydroxylation is 1. The quantitative estimate of drug-likeness (QED) is 0.785. The topological polar surface area (TPSA) is 32.3 Å². The number of benzene rings is 2.